The standard InChI is InChI=1S/C18H20ClNO/c1-11-9-13(3)17(10-12(11)2)14(4)20-18(21)15-5-7-16(19)8-6-15/h5-10,14H,1-4H3,(H,20,21)/t14-/m0/s1. The smallest absolute Gasteiger partial charge is 0.251 e. The van der Waals surface area contributed by atoms with Gasteiger partial charge in [-0.3, -0.25) is 4.79 Å². The monoisotopic (exact) mass is 301 g/mol. The van der Waals surface area contributed by atoms with E-state index in [1.54, 1.807) is 24.3 Å². The van der Waals surface area contributed by atoms with E-state index in [9.17, 15) is 4.79 Å². The number of carbonyl (C=O) groups excluding carboxylic acids is 1. The summed E-state index contributed by atoms with van der Waals surface area (Å²) in [4.78, 5) is 12.2. The van der Waals surface area contributed by atoms with Gasteiger partial charge in [0.25, 0.3) is 5.91 Å². The van der Waals surface area contributed by atoms with Crippen molar-refractivity contribution in [2.24, 2.45) is 0 Å². The van der Waals surface area contributed by atoms with Crippen molar-refractivity contribution in [2.75, 3.05) is 0 Å². The average Bonchev–Trinajstić information content (AvgIpc) is 2.43. The van der Waals surface area contributed by atoms with Crippen molar-refractivity contribution in [3.05, 3.63) is 69.2 Å². The minimum absolute atomic E-state index is 0.0347. The zero-order valence-electron chi connectivity index (χ0n) is 12.8. The lowest BCUT2D eigenvalue weighted by Gasteiger charge is -2.18. The summed E-state index contributed by atoms with van der Waals surface area (Å²) in [6.45, 7) is 8.27. The second kappa shape index (κ2) is 6.31. The molecule has 0 aliphatic rings. The maximum atomic E-state index is 12.2. The molecule has 3 heteroatoms. The Balaban J connectivity index is 2.18. The fraction of sp³-hybridized carbons (Fsp3) is 0.278. The van der Waals surface area contributed by atoms with Gasteiger partial charge in [0.05, 0.1) is 6.04 Å². The molecule has 0 aromatic heterocycles. The Kier molecular flexibility index (Phi) is 4.69. The minimum Gasteiger partial charge on any atom is -0.346 e. The van der Waals surface area contributed by atoms with Gasteiger partial charge in [0.15, 0.2) is 0 Å². The Morgan fingerprint density at radius 1 is 1.00 bits per heavy atom. The highest BCUT2D eigenvalue weighted by molar-refractivity contribution is 6.30. The van der Waals surface area contributed by atoms with Crippen LogP contribution in [-0.2, 0) is 0 Å². The lowest BCUT2D eigenvalue weighted by molar-refractivity contribution is 0.0940. The summed E-state index contributed by atoms with van der Waals surface area (Å²) in [5.74, 6) is -0.0863. The third kappa shape index (κ3) is 3.64. The van der Waals surface area contributed by atoms with Gasteiger partial charge < -0.3 is 5.32 Å². The molecule has 0 fully saturated rings. The molecule has 0 saturated carbocycles. The Hall–Kier alpha value is -1.80. The molecule has 0 bridgehead atoms. The van der Waals surface area contributed by atoms with Crippen molar-refractivity contribution >= 4 is 17.5 Å². The van der Waals surface area contributed by atoms with E-state index in [0.29, 0.717) is 10.6 Å². The van der Waals surface area contributed by atoms with Crippen molar-refractivity contribution in [2.45, 2.75) is 33.7 Å². The fourth-order valence-electron chi connectivity index (χ4n) is 2.41. The van der Waals surface area contributed by atoms with Crippen molar-refractivity contribution < 1.29 is 4.79 Å². The third-order valence-electron chi connectivity index (χ3n) is 3.80. The van der Waals surface area contributed by atoms with Gasteiger partial charge in [-0.1, -0.05) is 23.7 Å². The van der Waals surface area contributed by atoms with E-state index in [0.717, 1.165) is 5.56 Å². The van der Waals surface area contributed by atoms with Crippen LogP contribution in [0.25, 0.3) is 0 Å². The first kappa shape index (κ1) is 15.6. The van der Waals surface area contributed by atoms with E-state index >= 15 is 0 Å². The number of carbonyl (C=O) groups is 1. The van der Waals surface area contributed by atoms with Crippen molar-refractivity contribution in [3.63, 3.8) is 0 Å². The molecule has 21 heavy (non-hydrogen) atoms. The summed E-state index contributed by atoms with van der Waals surface area (Å²) in [5, 5.41) is 3.67. The van der Waals surface area contributed by atoms with Crippen LogP contribution < -0.4 is 5.32 Å². The van der Waals surface area contributed by atoms with Gasteiger partial charge in [-0.2, -0.15) is 0 Å². The molecule has 1 atom stereocenters. The van der Waals surface area contributed by atoms with Crippen LogP contribution in [0.4, 0.5) is 0 Å². The highest BCUT2D eigenvalue weighted by Gasteiger charge is 2.14. The molecule has 0 radical (unpaired) electrons. The topological polar surface area (TPSA) is 29.1 Å². The van der Waals surface area contributed by atoms with Crippen LogP contribution in [0, 0.1) is 20.8 Å². The number of hydrogen-bond acceptors (Lipinski definition) is 1. The maximum Gasteiger partial charge on any atom is 0.251 e. The normalized spacial score (nSPS) is 12.0. The summed E-state index contributed by atoms with van der Waals surface area (Å²) >= 11 is 5.84. The third-order valence-corrected chi connectivity index (χ3v) is 4.05. The summed E-state index contributed by atoms with van der Waals surface area (Å²) in [6.07, 6.45) is 0. The summed E-state index contributed by atoms with van der Waals surface area (Å²) in [5.41, 5.74) is 5.48. The molecule has 2 nitrogen and oxygen atoms in total. The van der Waals surface area contributed by atoms with E-state index in [2.05, 4.69) is 38.2 Å². The molecule has 0 heterocycles. The average molecular weight is 302 g/mol. The van der Waals surface area contributed by atoms with Gasteiger partial charge >= 0.3 is 0 Å². The van der Waals surface area contributed by atoms with E-state index in [-0.39, 0.29) is 11.9 Å². The molecule has 1 amide bonds. The zero-order valence-corrected chi connectivity index (χ0v) is 13.6. The van der Waals surface area contributed by atoms with Gasteiger partial charge in [0.1, 0.15) is 0 Å². The number of amides is 1. The Morgan fingerprint density at radius 3 is 2.19 bits per heavy atom. The highest BCUT2D eigenvalue weighted by atomic mass is 35.5. The van der Waals surface area contributed by atoms with Crippen molar-refractivity contribution in [1.29, 1.82) is 0 Å². The fourth-order valence-corrected chi connectivity index (χ4v) is 2.53. The van der Waals surface area contributed by atoms with E-state index < -0.39 is 0 Å². The van der Waals surface area contributed by atoms with Crippen molar-refractivity contribution in [3.8, 4) is 0 Å². The second-order valence-electron chi connectivity index (χ2n) is 5.50. The predicted octanol–water partition coefficient (Wildman–Crippen LogP) is 4.76. The summed E-state index contributed by atoms with van der Waals surface area (Å²) < 4.78 is 0. The van der Waals surface area contributed by atoms with Gasteiger partial charge in [0, 0.05) is 10.6 Å². The Morgan fingerprint density at radius 2 is 1.57 bits per heavy atom. The molecule has 2 rings (SSSR count). The highest BCUT2D eigenvalue weighted by Crippen LogP contribution is 2.22. The van der Waals surface area contributed by atoms with Crippen LogP contribution in [0.2, 0.25) is 5.02 Å². The molecule has 110 valence electrons. The molecule has 1 N–H and O–H groups in total. The Bertz CT molecular complexity index is 662. The minimum atomic E-state index is -0.0863. The largest absolute Gasteiger partial charge is 0.346 e. The van der Waals surface area contributed by atoms with Crippen molar-refractivity contribution in [1.82, 2.24) is 5.32 Å². The number of benzene rings is 2. The Labute approximate surface area is 131 Å². The summed E-state index contributed by atoms with van der Waals surface area (Å²) in [7, 11) is 0. The molecule has 0 saturated heterocycles. The first-order valence-electron chi connectivity index (χ1n) is 7.02. The molecule has 0 spiro atoms. The van der Waals surface area contributed by atoms with E-state index in [1.807, 2.05) is 6.92 Å². The van der Waals surface area contributed by atoms with Gasteiger partial charge in [-0.25, -0.2) is 0 Å². The van der Waals surface area contributed by atoms with Gasteiger partial charge in [-0.15, -0.1) is 0 Å². The number of halogens is 1. The number of aryl methyl sites for hydroxylation is 3. The van der Waals surface area contributed by atoms with E-state index in [4.69, 9.17) is 11.6 Å². The molecular weight excluding hydrogens is 282 g/mol. The van der Waals surface area contributed by atoms with Crippen LogP contribution in [0.5, 0.6) is 0 Å². The molecule has 0 aliphatic heterocycles. The molecule has 0 unspecified atom stereocenters. The van der Waals surface area contributed by atoms with Crippen LogP contribution in [0.1, 0.15) is 45.6 Å². The maximum absolute atomic E-state index is 12.2. The summed E-state index contributed by atoms with van der Waals surface area (Å²) in [6, 6.07) is 11.2. The van der Waals surface area contributed by atoms with Crippen LogP contribution in [-0.4, -0.2) is 5.91 Å². The number of hydrogen-bond donors (Lipinski definition) is 1. The zero-order chi connectivity index (χ0) is 15.6. The molecule has 2 aromatic rings. The SMILES string of the molecule is Cc1cc(C)c([C@H](C)NC(=O)c2ccc(Cl)cc2)cc1C. The number of nitrogens with one attached hydrogen (secondary N) is 1. The first-order chi connectivity index (χ1) is 9.88. The quantitative estimate of drug-likeness (QED) is 0.870. The first-order valence-corrected chi connectivity index (χ1v) is 7.40. The van der Waals surface area contributed by atoms with Gasteiger partial charge in [0.2, 0.25) is 0 Å². The van der Waals surface area contributed by atoms with Crippen LogP contribution in [0.15, 0.2) is 36.4 Å². The van der Waals surface area contributed by atoms with Crippen LogP contribution >= 0.6 is 11.6 Å². The second-order valence-corrected chi connectivity index (χ2v) is 5.93. The number of rotatable bonds is 3. The molecule has 2 aromatic carbocycles. The van der Waals surface area contributed by atoms with Crippen LogP contribution in [0.3, 0.4) is 0 Å². The lowest BCUT2D eigenvalue weighted by atomic mass is 9.96. The molecule has 0 aliphatic carbocycles. The lowest BCUT2D eigenvalue weighted by Crippen LogP contribution is -2.27. The van der Waals surface area contributed by atoms with Gasteiger partial charge in [-0.05, 0) is 74.2 Å². The molecular formula is C18H20ClNO. The van der Waals surface area contributed by atoms with E-state index in [1.165, 1.54) is 16.7 Å². The predicted molar refractivity (Wildman–Crippen MR) is 88.0 cm³/mol.